The molecule has 29 heavy (non-hydrogen) atoms. The van der Waals surface area contributed by atoms with E-state index in [1.165, 1.54) is 12.7 Å². The molecule has 2 aliphatic rings. The number of carbonyl (C=O) groups is 1. The molecule has 2 fully saturated rings. The third-order valence-corrected chi connectivity index (χ3v) is 7.54. The summed E-state index contributed by atoms with van der Waals surface area (Å²) in [6.07, 6.45) is 4.34. The molecule has 1 aromatic carbocycles. The van der Waals surface area contributed by atoms with Crippen LogP contribution in [-0.2, 0) is 19.5 Å². The van der Waals surface area contributed by atoms with Gasteiger partial charge in [-0.05, 0) is 50.5 Å². The number of sulfonamides is 1. The summed E-state index contributed by atoms with van der Waals surface area (Å²) in [5.41, 5.74) is 1.38. The van der Waals surface area contributed by atoms with Crippen LogP contribution >= 0.6 is 0 Å². The fourth-order valence-electron chi connectivity index (χ4n) is 4.38. The van der Waals surface area contributed by atoms with Gasteiger partial charge >= 0.3 is 6.09 Å². The van der Waals surface area contributed by atoms with Crippen LogP contribution in [0.25, 0.3) is 0 Å². The predicted octanol–water partition coefficient (Wildman–Crippen LogP) is 2.88. The molecule has 0 bridgehead atoms. The number of methoxy groups -OCH3 is 1. The van der Waals surface area contributed by atoms with Crippen LogP contribution in [0.1, 0.15) is 50.5 Å². The Hall–Kier alpha value is -1.64. The Kier molecular flexibility index (Phi) is 7.54. The van der Waals surface area contributed by atoms with Crippen molar-refractivity contribution < 1.29 is 22.7 Å². The van der Waals surface area contributed by atoms with E-state index >= 15 is 0 Å². The minimum Gasteiger partial charge on any atom is -0.453 e. The largest absolute Gasteiger partial charge is 0.453 e. The second kappa shape index (κ2) is 9.91. The van der Waals surface area contributed by atoms with Gasteiger partial charge in [0.1, 0.15) is 0 Å². The first-order valence-corrected chi connectivity index (χ1v) is 12.1. The molecule has 1 amide bonds. The van der Waals surface area contributed by atoms with Gasteiger partial charge in [0, 0.05) is 12.6 Å². The van der Waals surface area contributed by atoms with E-state index in [1.54, 1.807) is 11.8 Å². The van der Waals surface area contributed by atoms with Crippen molar-refractivity contribution in [1.29, 1.82) is 0 Å². The third kappa shape index (κ3) is 5.71. The van der Waals surface area contributed by atoms with Gasteiger partial charge in [0.15, 0.2) is 0 Å². The summed E-state index contributed by atoms with van der Waals surface area (Å²) in [6.45, 7) is 2.37. The second-order valence-electron chi connectivity index (χ2n) is 7.86. The van der Waals surface area contributed by atoms with Gasteiger partial charge in [-0.25, -0.2) is 17.9 Å². The quantitative estimate of drug-likeness (QED) is 0.728. The van der Waals surface area contributed by atoms with Crippen molar-refractivity contribution >= 4 is 16.1 Å². The van der Waals surface area contributed by atoms with Crippen molar-refractivity contribution in [3.63, 3.8) is 0 Å². The zero-order valence-corrected chi connectivity index (χ0v) is 18.1. The Bertz CT molecular complexity index is 763. The van der Waals surface area contributed by atoms with Gasteiger partial charge in [-0.1, -0.05) is 30.3 Å². The number of ether oxygens (including phenoxy) is 2. The minimum absolute atomic E-state index is 0.0127. The molecule has 162 valence electrons. The first-order chi connectivity index (χ1) is 13.9. The van der Waals surface area contributed by atoms with E-state index in [4.69, 9.17) is 9.47 Å². The highest BCUT2D eigenvalue weighted by atomic mass is 32.2. The van der Waals surface area contributed by atoms with Crippen molar-refractivity contribution in [2.45, 2.75) is 63.1 Å². The van der Waals surface area contributed by atoms with Crippen LogP contribution in [0.2, 0.25) is 0 Å². The molecule has 1 saturated carbocycles. The monoisotopic (exact) mass is 424 g/mol. The minimum atomic E-state index is -3.36. The topological polar surface area (TPSA) is 84.9 Å². The Morgan fingerprint density at radius 3 is 2.45 bits per heavy atom. The van der Waals surface area contributed by atoms with E-state index in [2.05, 4.69) is 29.0 Å². The van der Waals surface area contributed by atoms with Gasteiger partial charge in [-0.15, -0.1) is 0 Å². The lowest BCUT2D eigenvalue weighted by Gasteiger charge is -2.32. The van der Waals surface area contributed by atoms with Crippen LogP contribution in [0.15, 0.2) is 30.3 Å². The number of likely N-dealkylation sites (tertiary alicyclic amines) is 1. The van der Waals surface area contributed by atoms with E-state index in [9.17, 15) is 13.2 Å². The molecule has 1 unspecified atom stereocenters. The van der Waals surface area contributed by atoms with E-state index in [1.807, 2.05) is 6.07 Å². The predicted molar refractivity (Wildman–Crippen MR) is 111 cm³/mol. The van der Waals surface area contributed by atoms with Crippen molar-refractivity contribution in [3.05, 3.63) is 35.9 Å². The summed E-state index contributed by atoms with van der Waals surface area (Å²) in [7, 11) is -2.02. The highest BCUT2D eigenvalue weighted by molar-refractivity contribution is 7.89. The first-order valence-electron chi connectivity index (χ1n) is 10.4. The van der Waals surface area contributed by atoms with E-state index in [0.717, 1.165) is 25.7 Å². The molecule has 1 N–H and O–H groups in total. The van der Waals surface area contributed by atoms with Crippen LogP contribution in [-0.4, -0.2) is 63.6 Å². The molecule has 8 heteroatoms. The van der Waals surface area contributed by atoms with Crippen LogP contribution in [0.5, 0.6) is 0 Å². The molecule has 0 radical (unpaired) electrons. The SMILES string of the molecule is CCS(=O)(=O)N[C@H]1CCN(C(=O)OC)C1COC1CCC(c2ccccc2)CC1. The number of hydrogen-bond donors (Lipinski definition) is 1. The fraction of sp³-hybridized carbons (Fsp3) is 0.667. The normalized spacial score (nSPS) is 27.7. The van der Waals surface area contributed by atoms with Gasteiger partial charge < -0.3 is 14.4 Å². The molecule has 1 aliphatic heterocycles. The highest BCUT2D eigenvalue weighted by Gasteiger charge is 2.40. The molecule has 0 aromatic heterocycles. The molecule has 2 atom stereocenters. The van der Waals surface area contributed by atoms with Crippen molar-refractivity contribution in [1.82, 2.24) is 9.62 Å². The molecule has 1 heterocycles. The second-order valence-corrected chi connectivity index (χ2v) is 9.91. The number of nitrogens with one attached hydrogen (secondary N) is 1. The number of nitrogens with zero attached hydrogens (tertiary/aromatic N) is 1. The molecular formula is C21H32N2O5S. The molecule has 1 aliphatic carbocycles. The zero-order valence-electron chi connectivity index (χ0n) is 17.2. The van der Waals surface area contributed by atoms with Crippen LogP contribution in [0, 0.1) is 0 Å². The summed E-state index contributed by atoms with van der Waals surface area (Å²) in [5, 5.41) is 0. The highest BCUT2D eigenvalue weighted by Crippen LogP contribution is 2.34. The van der Waals surface area contributed by atoms with Crippen molar-refractivity contribution in [3.8, 4) is 0 Å². The maximum Gasteiger partial charge on any atom is 0.409 e. The number of rotatable bonds is 7. The van der Waals surface area contributed by atoms with E-state index in [-0.39, 0.29) is 23.9 Å². The Morgan fingerprint density at radius 2 is 1.83 bits per heavy atom. The lowest BCUT2D eigenvalue weighted by molar-refractivity contribution is -0.00535. The van der Waals surface area contributed by atoms with Crippen LogP contribution < -0.4 is 4.72 Å². The van der Waals surface area contributed by atoms with Crippen molar-refractivity contribution in [2.24, 2.45) is 0 Å². The average molecular weight is 425 g/mol. The molecule has 1 aromatic rings. The average Bonchev–Trinajstić information content (AvgIpc) is 3.14. The van der Waals surface area contributed by atoms with E-state index in [0.29, 0.717) is 25.5 Å². The van der Waals surface area contributed by atoms with Crippen LogP contribution in [0.3, 0.4) is 0 Å². The van der Waals surface area contributed by atoms with Gasteiger partial charge in [0.05, 0.1) is 31.6 Å². The maximum absolute atomic E-state index is 12.1. The van der Waals surface area contributed by atoms with Gasteiger partial charge in [0.25, 0.3) is 0 Å². The molecule has 7 nitrogen and oxygen atoms in total. The fourth-order valence-corrected chi connectivity index (χ4v) is 5.28. The van der Waals surface area contributed by atoms with Crippen LogP contribution in [0.4, 0.5) is 4.79 Å². The molecular weight excluding hydrogens is 392 g/mol. The molecule has 0 spiro atoms. The number of benzene rings is 1. The summed E-state index contributed by atoms with van der Waals surface area (Å²) in [6, 6.07) is 9.87. The maximum atomic E-state index is 12.1. The van der Waals surface area contributed by atoms with E-state index < -0.39 is 16.1 Å². The summed E-state index contributed by atoms with van der Waals surface area (Å²) >= 11 is 0. The first kappa shape index (κ1) is 22.1. The summed E-state index contributed by atoms with van der Waals surface area (Å²) < 4.78 is 37.8. The molecule has 1 saturated heterocycles. The Morgan fingerprint density at radius 1 is 1.14 bits per heavy atom. The van der Waals surface area contributed by atoms with Crippen molar-refractivity contribution in [2.75, 3.05) is 26.0 Å². The number of carbonyl (C=O) groups excluding carboxylic acids is 1. The summed E-state index contributed by atoms with van der Waals surface area (Å²) in [4.78, 5) is 13.7. The number of amides is 1. The lowest BCUT2D eigenvalue weighted by atomic mass is 9.83. The summed E-state index contributed by atoms with van der Waals surface area (Å²) in [5.74, 6) is 0.580. The lowest BCUT2D eigenvalue weighted by Crippen LogP contribution is -2.50. The standard InChI is InChI=1S/C21H32N2O5S/c1-3-29(25,26)22-19-13-14-23(21(24)27-2)20(19)15-28-18-11-9-17(10-12-18)16-7-5-4-6-8-16/h4-8,17-20,22H,3,9-15H2,1-2H3/t17?,18?,19-,20?/m0/s1. The Labute approximate surface area is 173 Å². The molecule has 3 rings (SSSR count). The number of hydrogen-bond acceptors (Lipinski definition) is 5. The zero-order chi connectivity index (χ0) is 20.9. The van der Waals surface area contributed by atoms with Gasteiger partial charge in [-0.2, -0.15) is 0 Å². The third-order valence-electron chi connectivity index (χ3n) is 6.11. The van der Waals surface area contributed by atoms with Gasteiger partial charge in [0.2, 0.25) is 10.0 Å². The Balaban J connectivity index is 1.56. The smallest absolute Gasteiger partial charge is 0.409 e. The van der Waals surface area contributed by atoms with Gasteiger partial charge in [-0.3, -0.25) is 0 Å².